The molecular weight excluding hydrogens is 158 g/mol. The molecule has 0 aromatic heterocycles. The zero-order valence-corrected chi connectivity index (χ0v) is 8.63. The van der Waals surface area contributed by atoms with Crippen LogP contribution in [0.15, 0.2) is 0 Å². The molecular formula is C12H21N. The van der Waals surface area contributed by atoms with E-state index in [1.54, 1.807) is 0 Å². The van der Waals surface area contributed by atoms with E-state index in [4.69, 9.17) is 5.73 Å². The number of hydrogen-bond donors (Lipinski definition) is 1. The van der Waals surface area contributed by atoms with E-state index in [1.807, 2.05) is 0 Å². The third kappa shape index (κ3) is 0.971. The number of nitrogens with two attached hydrogens (primary N) is 1. The van der Waals surface area contributed by atoms with Crippen molar-refractivity contribution >= 4 is 0 Å². The molecule has 1 nitrogen and oxygen atoms in total. The Morgan fingerprint density at radius 2 is 1.77 bits per heavy atom. The molecule has 0 amide bonds. The van der Waals surface area contributed by atoms with Crippen molar-refractivity contribution in [3.05, 3.63) is 0 Å². The fourth-order valence-electron chi connectivity index (χ4n) is 4.82. The Balaban J connectivity index is 1.95. The fourth-order valence-corrected chi connectivity index (χ4v) is 4.82. The SMILES string of the molecule is CC1C2CC3CC(C2)CC1(CN)C3. The van der Waals surface area contributed by atoms with Crippen molar-refractivity contribution < 1.29 is 0 Å². The topological polar surface area (TPSA) is 26.0 Å². The molecule has 4 fully saturated rings. The number of rotatable bonds is 1. The van der Waals surface area contributed by atoms with E-state index < -0.39 is 0 Å². The van der Waals surface area contributed by atoms with Gasteiger partial charge in [0, 0.05) is 0 Å². The van der Waals surface area contributed by atoms with Crippen LogP contribution >= 0.6 is 0 Å². The van der Waals surface area contributed by atoms with Gasteiger partial charge in [0.15, 0.2) is 0 Å². The fraction of sp³-hybridized carbons (Fsp3) is 1.00. The molecule has 3 atom stereocenters. The maximum Gasteiger partial charge on any atom is -0.00177 e. The number of hydrogen-bond acceptors (Lipinski definition) is 1. The van der Waals surface area contributed by atoms with Crippen LogP contribution in [0, 0.1) is 29.1 Å². The lowest BCUT2D eigenvalue weighted by atomic mass is 9.45. The van der Waals surface area contributed by atoms with Crippen LogP contribution in [0.25, 0.3) is 0 Å². The summed E-state index contributed by atoms with van der Waals surface area (Å²) in [6.07, 6.45) is 7.50. The standard InChI is InChI=1S/C12H21N/c1-8-11-3-9-2-10(4-11)6-12(8,5-9)7-13/h8-11H,2-7,13H2,1H3. The van der Waals surface area contributed by atoms with E-state index in [2.05, 4.69) is 6.92 Å². The average Bonchev–Trinajstić information content (AvgIpc) is 2.12. The van der Waals surface area contributed by atoms with Gasteiger partial charge in [0.25, 0.3) is 0 Å². The van der Waals surface area contributed by atoms with E-state index in [9.17, 15) is 0 Å². The lowest BCUT2D eigenvalue weighted by molar-refractivity contribution is -0.0959. The molecule has 0 radical (unpaired) electrons. The Labute approximate surface area is 81.1 Å². The van der Waals surface area contributed by atoms with Crippen LogP contribution in [-0.2, 0) is 0 Å². The molecule has 0 heterocycles. The molecule has 2 N–H and O–H groups in total. The van der Waals surface area contributed by atoms with Gasteiger partial charge in [-0.1, -0.05) is 6.92 Å². The highest BCUT2D eigenvalue weighted by molar-refractivity contribution is 5.05. The minimum Gasteiger partial charge on any atom is -0.330 e. The van der Waals surface area contributed by atoms with Crippen molar-refractivity contribution in [2.45, 2.75) is 39.0 Å². The first kappa shape index (κ1) is 8.28. The van der Waals surface area contributed by atoms with Crippen molar-refractivity contribution in [3.63, 3.8) is 0 Å². The largest absolute Gasteiger partial charge is 0.330 e. The van der Waals surface area contributed by atoms with Crippen molar-refractivity contribution in [1.29, 1.82) is 0 Å². The predicted molar refractivity (Wildman–Crippen MR) is 54.2 cm³/mol. The Hall–Kier alpha value is -0.0400. The summed E-state index contributed by atoms with van der Waals surface area (Å²) in [5, 5.41) is 0. The van der Waals surface area contributed by atoms with Gasteiger partial charge in [-0.3, -0.25) is 0 Å². The summed E-state index contributed by atoms with van der Waals surface area (Å²) in [5.41, 5.74) is 6.60. The first-order valence-electron chi connectivity index (χ1n) is 5.93. The van der Waals surface area contributed by atoms with Crippen LogP contribution in [0.5, 0.6) is 0 Å². The Bertz CT molecular complexity index is 209. The molecule has 13 heavy (non-hydrogen) atoms. The van der Waals surface area contributed by atoms with E-state index in [0.29, 0.717) is 5.41 Å². The molecule has 4 aliphatic rings. The van der Waals surface area contributed by atoms with Crippen LogP contribution in [-0.4, -0.2) is 6.54 Å². The Morgan fingerprint density at radius 3 is 2.31 bits per heavy atom. The van der Waals surface area contributed by atoms with Gasteiger partial charge in [0.05, 0.1) is 0 Å². The highest BCUT2D eigenvalue weighted by atomic mass is 14.7. The second-order valence-electron chi connectivity index (χ2n) is 5.96. The molecule has 4 aliphatic carbocycles. The first-order chi connectivity index (χ1) is 6.23. The summed E-state index contributed by atoms with van der Waals surface area (Å²) in [7, 11) is 0. The van der Waals surface area contributed by atoms with Gasteiger partial charge >= 0.3 is 0 Å². The average molecular weight is 179 g/mol. The van der Waals surface area contributed by atoms with Crippen molar-refractivity contribution in [2.24, 2.45) is 34.8 Å². The van der Waals surface area contributed by atoms with Crippen molar-refractivity contribution in [1.82, 2.24) is 0 Å². The normalized spacial score (nSPS) is 58.6. The second-order valence-corrected chi connectivity index (χ2v) is 5.96. The van der Waals surface area contributed by atoms with Gasteiger partial charge in [0.2, 0.25) is 0 Å². The van der Waals surface area contributed by atoms with Gasteiger partial charge in [-0.15, -0.1) is 0 Å². The Kier molecular flexibility index (Phi) is 1.59. The third-order valence-electron chi connectivity index (χ3n) is 5.41. The van der Waals surface area contributed by atoms with E-state index >= 15 is 0 Å². The zero-order chi connectivity index (χ0) is 9.05. The summed E-state index contributed by atoms with van der Waals surface area (Å²) in [6, 6.07) is 0. The van der Waals surface area contributed by atoms with Gasteiger partial charge in [0.1, 0.15) is 0 Å². The molecule has 74 valence electrons. The molecule has 3 unspecified atom stereocenters. The molecule has 4 bridgehead atoms. The quantitative estimate of drug-likeness (QED) is 0.657. The van der Waals surface area contributed by atoms with Crippen molar-refractivity contribution in [2.75, 3.05) is 6.54 Å². The molecule has 0 aliphatic heterocycles. The van der Waals surface area contributed by atoms with Crippen LogP contribution in [0.1, 0.15) is 39.0 Å². The molecule has 4 rings (SSSR count). The van der Waals surface area contributed by atoms with E-state index in [0.717, 1.165) is 30.2 Å². The maximum atomic E-state index is 6.02. The van der Waals surface area contributed by atoms with Gasteiger partial charge in [-0.2, -0.15) is 0 Å². The summed E-state index contributed by atoms with van der Waals surface area (Å²) in [5.74, 6) is 4.06. The van der Waals surface area contributed by atoms with E-state index in [-0.39, 0.29) is 0 Å². The second kappa shape index (κ2) is 2.50. The molecule has 0 spiro atoms. The predicted octanol–water partition coefficient (Wildman–Crippen LogP) is 2.41. The molecule has 1 heteroatoms. The highest BCUT2D eigenvalue weighted by Crippen LogP contribution is 2.62. The van der Waals surface area contributed by atoms with E-state index in [1.165, 1.54) is 32.1 Å². The maximum absolute atomic E-state index is 6.02. The lowest BCUT2D eigenvalue weighted by Gasteiger charge is -2.60. The third-order valence-corrected chi connectivity index (χ3v) is 5.41. The Morgan fingerprint density at radius 1 is 1.15 bits per heavy atom. The first-order valence-corrected chi connectivity index (χ1v) is 5.93. The van der Waals surface area contributed by atoms with Gasteiger partial charge in [-0.25, -0.2) is 0 Å². The lowest BCUT2D eigenvalue weighted by Crippen LogP contribution is -2.54. The van der Waals surface area contributed by atoms with Crippen LogP contribution in [0.3, 0.4) is 0 Å². The monoisotopic (exact) mass is 179 g/mol. The molecule has 0 aromatic rings. The van der Waals surface area contributed by atoms with Crippen LogP contribution < -0.4 is 5.73 Å². The highest BCUT2D eigenvalue weighted by Gasteiger charge is 2.54. The minimum absolute atomic E-state index is 0.578. The zero-order valence-electron chi connectivity index (χ0n) is 8.63. The van der Waals surface area contributed by atoms with Gasteiger partial charge in [-0.05, 0) is 67.7 Å². The summed E-state index contributed by atoms with van der Waals surface area (Å²) in [6.45, 7) is 3.42. The van der Waals surface area contributed by atoms with Crippen LogP contribution in [0.2, 0.25) is 0 Å². The van der Waals surface area contributed by atoms with Crippen LogP contribution in [0.4, 0.5) is 0 Å². The van der Waals surface area contributed by atoms with Gasteiger partial charge < -0.3 is 5.73 Å². The van der Waals surface area contributed by atoms with Crippen molar-refractivity contribution in [3.8, 4) is 0 Å². The molecule has 0 saturated heterocycles. The summed E-state index contributed by atoms with van der Waals surface area (Å²) >= 11 is 0. The minimum atomic E-state index is 0.578. The summed E-state index contributed by atoms with van der Waals surface area (Å²) in [4.78, 5) is 0. The molecule has 4 saturated carbocycles. The summed E-state index contributed by atoms with van der Waals surface area (Å²) < 4.78 is 0. The smallest absolute Gasteiger partial charge is 0.00177 e. The molecule has 0 aromatic carbocycles.